The van der Waals surface area contributed by atoms with E-state index in [-0.39, 0.29) is 0 Å². The topological polar surface area (TPSA) is 4.36 Å². The third kappa shape index (κ3) is 3.49. The van der Waals surface area contributed by atoms with Crippen LogP contribution in [0.3, 0.4) is 0 Å². The van der Waals surface area contributed by atoms with Crippen LogP contribution in [0.4, 0.5) is 0 Å². The van der Waals surface area contributed by atoms with Crippen molar-refractivity contribution in [1.82, 2.24) is 0 Å². The van der Waals surface area contributed by atoms with Crippen LogP contribution >= 0.6 is 0 Å². The van der Waals surface area contributed by atoms with E-state index >= 15 is 0 Å². The smallest absolute Gasteiger partial charge is 0.0869 e. The Kier molecular flexibility index (Phi) is 4.11. The fraction of sp³-hybridized carbons (Fsp3) is 0.800. The SMILES string of the molecule is C#[N+]CCCC. The van der Waals surface area contributed by atoms with Crippen molar-refractivity contribution in [3.05, 3.63) is 4.85 Å². The van der Waals surface area contributed by atoms with Crippen molar-refractivity contribution < 1.29 is 0 Å². The van der Waals surface area contributed by atoms with Crippen LogP contribution in [0.25, 0.3) is 4.85 Å². The van der Waals surface area contributed by atoms with E-state index in [1.54, 1.807) is 0 Å². The van der Waals surface area contributed by atoms with Gasteiger partial charge in [0, 0.05) is 6.42 Å². The van der Waals surface area contributed by atoms with Crippen molar-refractivity contribution in [2.75, 3.05) is 6.54 Å². The second-order valence-electron chi connectivity index (χ2n) is 1.26. The zero-order valence-electron chi connectivity index (χ0n) is 4.15. The Morgan fingerprint density at radius 1 is 1.67 bits per heavy atom. The minimum absolute atomic E-state index is 0.816. The number of nitrogens with zero attached hydrogens (tertiary/aromatic N) is 1. The Hall–Kier alpha value is -0.510. The number of unbranched alkanes of at least 4 members (excludes halogenated alkanes) is 1. The maximum absolute atomic E-state index is 4.84. The van der Waals surface area contributed by atoms with E-state index in [1.165, 1.54) is 6.42 Å². The standard InChI is InChI=1S/C5H10N/c1-3-4-5-6-2/h2H,3-5H2,1H3/q+1. The lowest BCUT2D eigenvalue weighted by Crippen LogP contribution is -1.70. The highest BCUT2D eigenvalue weighted by Gasteiger charge is 1.82. The molecule has 1 heteroatoms. The first kappa shape index (κ1) is 5.49. The fourth-order valence-corrected chi connectivity index (χ4v) is 0.249. The molecule has 0 aromatic carbocycles. The molecule has 0 N–H and O–H groups in total. The van der Waals surface area contributed by atoms with Gasteiger partial charge in [-0.1, -0.05) is 11.8 Å². The second kappa shape index (κ2) is 4.49. The summed E-state index contributed by atoms with van der Waals surface area (Å²) in [6, 6.07) is 0. The van der Waals surface area contributed by atoms with Crippen molar-refractivity contribution in [3.63, 3.8) is 0 Å². The summed E-state index contributed by atoms with van der Waals surface area (Å²) in [6.45, 7) is 7.77. The zero-order chi connectivity index (χ0) is 4.83. The summed E-state index contributed by atoms with van der Waals surface area (Å²) >= 11 is 0. The molecule has 34 valence electrons. The van der Waals surface area contributed by atoms with E-state index < -0.39 is 0 Å². The Morgan fingerprint density at radius 3 is 2.50 bits per heavy atom. The summed E-state index contributed by atoms with van der Waals surface area (Å²) < 4.78 is 0. The van der Waals surface area contributed by atoms with Gasteiger partial charge in [0.15, 0.2) is 0 Å². The Balaban J connectivity index is 2.54. The maximum Gasteiger partial charge on any atom is 0.263 e. The quantitative estimate of drug-likeness (QED) is 0.449. The Bertz CT molecular complexity index is 51.4. The molecule has 0 aliphatic carbocycles. The van der Waals surface area contributed by atoms with Crippen LogP contribution in [0.15, 0.2) is 0 Å². The molecule has 0 amide bonds. The van der Waals surface area contributed by atoms with E-state index in [1.807, 2.05) is 0 Å². The number of hydrogen-bond acceptors (Lipinski definition) is 0. The van der Waals surface area contributed by atoms with E-state index in [0.717, 1.165) is 13.0 Å². The van der Waals surface area contributed by atoms with E-state index in [0.29, 0.717) is 0 Å². The molecular weight excluding hydrogens is 74.1 g/mol. The van der Waals surface area contributed by atoms with Crippen molar-refractivity contribution in [2.24, 2.45) is 0 Å². The lowest BCUT2D eigenvalue weighted by atomic mass is 10.3. The molecule has 0 fully saturated rings. The Labute approximate surface area is 38.8 Å². The van der Waals surface area contributed by atoms with Crippen LogP contribution in [0.1, 0.15) is 19.8 Å². The van der Waals surface area contributed by atoms with Gasteiger partial charge in [-0.3, -0.25) is 0 Å². The monoisotopic (exact) mass is 84.1 g/mol. The summed E-state index contributed by atoms with van der Waals surface area (Å²) in [4.78, 5) is 3.43. The van der Waals surface area contributed by atoms with E-state index in [9.17, 15) is 0 Å². The molecule has 0 atom stereocenters. The highest BCUT2D eigenvalue weighted by Crippen LogP contribution is 1.83. The molecule has 1 nitrogen and oxygen atoms in total. The fourth-order valence-electron chi connectivity index (χ4n) is 0.249. The normalized spacial score (nSPS) is 7.33. The molecule has 6 heavy (non-hydrogen) atoms. The minimum Gasteiger partial charge on any atom is -0.0869 e. The summed E-state index contributed by atoms with van der Waals surface area (Å²) in [7, 11) is 0. The third-order valence-electron chi connectivity index (χ3n) is 0.641. The molecule has 0 saturated carbocycles. The molecule has 0 aliphatic rings. The molecule has 0 spiro atoms. The van der Waals surface area contributed by atoms with Crippen LogP contribution in [0, 0.1) is 6.57 Å². The van der Waals surface area contributed by atoms with Gasteiger partial charge in [-0.05, 0) is 6.42 Å². The average molecular weight is 84.1 g/mol. The molecule has 0 aromatic heterocycles. The molecular formula is C5H10N+. The lowest BCUT2D eigenvalue weighted by Gasteiger charge is -1.71. The Morgan fingerprint density at radius 2 is 2.33 bits per heavy atom. The first-order valence-corrected chi connectivity index (χ1v) is 2.28. The third-order valence-corrected chi connectivity index (χ3v) is 0.641. The molecule has 0 aromatic rings. The molecule has 0 saturated heterocycles. The number of hydrogen-bond donors (Lipinski definition) is 0. The van der Waals surface area contributed by atoms with Gasteiger partial charge in [0.25, 0.3) is 13.1 Å². The first-order valence-electron chi connectivity index (χ1n) is 2.28. The zero-order valence-corrected chi connectivity index (χ0v) is 4.15. The van der Waals surface area contributed by atoms with Gasteiger partial charge >= 0.3 is 0 Å². The molecule has 0 heterocycles. The van der Waals surface area contributed by atoms with Gasteiger partial charge in [0.2, 0.25) is 0 Å². The average Bonchev–Trinajstić information content (AvgIpc) is 1.61. The second-order valence-corrected chi connectivity index (χ2v) is 1.26. The summed E-state index contributed by atoms with van der Waals surface area (Å²) in [5.41, 5.74) is 0. The van der Waals surface area contributed by atoms with Gasteiger partial charge in [0.05, 0.1) is 0 Å². The van der Waals surface area contributed by atoms with Crippen LogP contribution < -0.4 is 0 Å². The van der Waals surface area contributed by atoms with Crippen molar-refractivity contribution in [3.8, 4) is 6.57 Å². The highest BCUT2D eigenvalue weighted by molar-refractivity contribution is 4.63. The van der Waals surface area contributed by atoms with Gasteiger partial charge in [0.1, 0.15) is 0 Å². The van der Waals surface area contributed by atoms with Crippen LogP contribution in [-0.4, -0.2) is 6.54 Å². The van der Waals surface area contributed by atoms with Gasteiger partial charge in [-0.25, -0.2) is 0 Å². The minimum atomic E-state index is 0.816. The van der Waals surface area contributed by atoms with Gasteiger partial charge in [-0.2, -0.15) is 0 Å². The summed E-state index contributed by atoms with van der Waals surface area (Å²) in [5, 5.41) is 0. The largest absolute Gasteiger partial charge is 0.263 e. The van der Waals surface area contributed by atoms with Crippen molar-refractivity contribution >= 4 is 0 Å². The summed E-state index contributed by atoms with van der Waals surface area (Å²) in [5.74, 6) is 0. The predicted octanol–water partition coefficient (Wildman–Crippen LogP) is 1.75. The van der Waals surface area contributed by atoms with Crippen LogP contribution in [-0.2, 0) is 0 Å². The molecule has 0 bridgehead atoms. The lowest BCUT2D eigenvalue weighted by molar-refractivity contribution is 0.860. The molecule has 0 rings (SSSR count). The van der Waals surface area contributed by atoms with Gasteiger partial charge < -0.3 is 0 Å². The molecule has 0 radical (unpaired) electrons. The van der Waals surface area contributed by atoms with Crippen LogP contribution in [0.2, 0.25) is 0 Å². The van der Waals surface area contributed by atoms with Crippen molar-refractivity contribution in [2.45, 2.75) is 19.8 Å². The molecule has 0 aliphatic heterocycles. The van der Waals surface area contributed by atoms with Crippen LogP contribution in [0.5, 0.6) is 0 Å². The predicted molar refractivity (Wildman–Crippen MR) is 28.1 cm³/mol. The summed E-state index contributed by atoms with van der Waals surface area (Å²) in [6.07, 6.45) is 2.30. The van der Waals surface area contributed by atoms with E-state index in [2.05, 4.69) is 11.8 Å². The van der Waals surface area contributed by atoms with Crippen molar-refractivity contribution in [1.29, 1.82) is 0 Å². The first-order chi connectivity index (χ1) is 2.91. The number of rotatable bonds is 2. The highest BCUT2D eigenvalue weighted by atomic mass is 14.6. The maximum atomic E-state index is 4.84. The molecule has 0 unspecified atom stereocenters. The van der Waals surface area contributed by atoms with Gasteiger partial charge in [-0.15, -0.1) is 0 Å². The van der Waals surface area contributed by atoms with E-state index in [4.69, 9.17) is 6.57 Å².